The van der Waals surface area contributed by atoms with E-state index < -0.39 is 6.04 Å². The van der Waals surface area contributed by atoms with E-state index in [1.807, 2.05) is 12.1 Å². The molecular formula is C18H31N5O2. The molecule has 0 bridgehead atoms. The molecule has 25 heavy (non-hydrogen) atoms. The second-order valence-corrected chi connectivity index (χ2v) is 6.27. The lowest BCUT2D eigenvalue weighted by atomic mass is 10.1. The minimum atomic E-state index is -0.641. The number of nitrogens with one attached hydrogen (secondary N) is 3. The van der Waals surface area contributed by atoms with Gasteiger partial charge in [0.2, 0.25) is 11.8 Å². The summed E-state index contributed by atoms with van der Waals surface area (Å²) in [5.74, 6) is 0.0757. The van der Waals surface area contributed by atoms with Gasteiger partial charge >= 0.3 is 0 Å². The van der Waals surface area contributed by atoms with Gasteiger partial charge in [-0.25, -0.2) is 0 Å². The summed E-state index contributed by atoms with van der Waals surface area (Å²) in [5, 5.41) is 8.88. The Bertz CT molecular complexity index is 509. The number of amides is 2. The number of nitrogens with two attached hydrogens (primary N) is 1. The molecule has 0 aliphatic carbocycles. The maximum absolute atomic E-state index is 12.4. The molecule has 0 aliphatic rings. The lowest BCUT2D eigenvalue weighted by molar-refractivity contribution is -0.128. The van der Waals surface area contributed by atoms with Crippen molar-refractivity contribution in [2.45, 2.75) is 39.2 Å². The smallest absolute Gasteiger partial charge is 0.242 e. The highest BCUT2D eigenvalue weighted by molar-refractivity contribution is 5.88. The largest absolute Gasteiger partial charge is 0.353 e. The van der Waals surface area contributed by atoms with Gasteiger partial charge in [0.05, 0.1) is 6.54 Å². The Hall–Kier alpha value is -1.99. The van der Waals surface area contributed by atoms with Crippen molar-refractivity contribution < 1.29 is 9.59 Å². The SMILES string of the molecule is CCCC(C)CNCCNC(=O)C(Cc1ccncc1)NC(=O)CN. The Morgan fingerprint density at radius 2 is 1.96 bits per heavy atom. The van der Waals surface area contributed by atoms with Gasteiger partial charge in [0.25, 0.3) is 0 Å². The van der Waals surface area contributed by atoms with Crippen molar-refractivity contribution in [3.63, 3.8) is 0 Å². The number of hydrogen-bond donors (Lipinski definition) is 4. The Balaban J connectivity index is 2.42. The lowest BCUT2D eigenvalue weighted by Crippen LogP contribution is -2.50. The monoisotopic (exact) mass is 349 g/mol. The molecule has 2 atom stereocenters. The molecule has 0 fully saturated rings. The molecule has 0 saturated carbocycles. The molecule has 7 nitrogen and oxygen atoms in total. The summed E-state index contributed by atoms with van der Waals surface area (Å²) < 4.78 is 0. The molecule has 0 spiro atoms. The predicted octanol–water partition coefficient (Wildman–Crippen LogP) is 0.210. The first-order valence-corrected chi connectivity index (χ1v) is 8.93. The first-order chi connectivity index (χ1) is 12.1. The van der Waals surface area contributed by atoms with E-state index in [0.717, 1.165) is 12.1 Å². The molecule has 0 radical (unpaired) electrons. The zero-order valence-corrected chi connectivity index (χ0v) is 15.3. The van der Waals surface area contributed by atoms with Crippen molar-refractivity contribution in [3.05, 3.63) is 30.1 Å². The molecule has 5 N–H and O–H groups in total. The predicted molar refractivity (Wildman–Crippen MR) is 98.9 cm³/mol. The number of hydrogen-bond acceptors (Lipinski definition) is 5. The van der Waals surface area contributed by atoms with E-state index in [1.54, 1.807) is 12.4 Å². The Morgan fingerprint density at radius 3 is 2.60 bits per heavy atom. The molecule has 0 aliphatic heterocycles. The summed E-state index contributed by atoms with van der Waals surface area (Å²) in [6.07, 6.45) is 6.10. The van der Waals surface area contributed by atoms with Crippen LogP contribution in [-0.4, -0.2) is 49.0 Å². The standard InChI is InChI=1S/C18H31N5O2/c1-3-4-14(2)13-21-9-10-22-18(25)16(23-17(24)12-19)11-15-5-7-20-8-6-15/h5-8,14,16,21H,3-4,9-13,19H2,1-2H3,(H,22,25)(H,23,24). The van der Waals surface area contributed by atoms with Crippen molar-refractivity contribution in [3.8, 4) is 0 Å². The van der Waals surface area contributed by atoms with E-state index in [9.17, 15) is 9.59 Å². The summed E-state index contributed by atoms with van der Waals surface area (Å²) >= 11 is 0. The first-order valence-electron chi connectivity index (χ1n) is 8.93. The summed E-state index contributed by atoms with van der Waals surface area (Å²) in [5.41, 5.74) is 6.27. The van der Waals surface area contributed by atoms with Crippen molar-refractivity contribution in [1.82, 2.24) is 20.9 Å². The van der Waals surface area contributed by atoms with Crippen LogP contribution in [0.2, 0.25) is 0 Å². The molecule has 140 valence electrons. The normalized spacial score (nSPS) is 13.1. The zero-order chi connectivity index (χ0) is 18.5. The van der Waals surface area contributed by atoms with Crippen LogP contribution in [0.25, 0.3) is 0 Å². The molecule has 0 saturated heterocycles. The maximum atomic E-state index is 12.4. The van der Waals surface area contributed by atoms with Crippen molar-refractivity contribution in [1.29, 1.82) is 0 Å². The molecule has 1 rings (SSSR count). The van der Waals surface area contributed by atoms with E-state index in [0.29, 0.717) is 25.4 Å². The van der Waals surface area contributed by atoms with Crippen molar-refractivity contribution in [2.24, 2.45) is 11.7 Å². The fourth-order valence-corrected chi connectivity index (χ4v) is 2.56. The Labute approximate surface area is 150 Å². The van der Waals surface area contributed by atoms with E-state index in [4.69, 9.17) is 5.73 Å². The van der Waals surface area contributed by atoms with Crippen molar-refractivity contribution >= 4 is 11.8 Å². The van der Waals surface area contributed by atoms with Crippen LogP contribution in [0.3, 0.4) is 0 Å². The Morgan fingerprint density at radius 1 is 1.24 bits per heavy atom. The lowest BCUT2D eigenvalue weighted by Gasteiger charge is -2.18. The topological polar surface area (TPSA) is 109 Å². The van der Waals surface area contributed by atoms with Crippen LogP contribution < -0.4 is 21.7 Å². The average molecular weight is 349 g/mol. The zero-order valence-electron chi connectivity index (χ0n) is 15.3. The number of aromatic nitrogens is 1. The van der Waals surface area contributed by atoms with Crippen LogP contribution in [0.5, 0.6) is 0 Å². The van der Waals surface area contributed by atoms with E-state index >= 15 is 0 Å². The van der Waals surface area contributed by atoms with Crippen molar-refractivity contribution in [2.75, 3.05) is 26.2 Å². The molecule has 2 unspecified atom stereocenters. The van der Waals surface area contributed by atoms with Gasteiger partial charge in [0, 0.05) is 31.9 Å². The van der Waals surface area contributed by atoms with Gasteiger partial charge in [-0.05, 0) is 36.6 Å². The third-order valence-electron chi connectivity index (χ3n) is 3.90. The summed E-state index contributed by atoms with van der Waals surface area (Å²) in [7, 11) is 0. The fourth-order valence-electron chi connectivity index (χ4n) is 2.56. The summed E-state index contributed by atoms with van der Waals surface area (Å²) in [4.78, 5) is 27.9. The van der Waals surface area contributed by atoms with Gasteiger partial charge in [-0.15, -0.1) is 0 Å². The summed E-state index contributed by atoms with van der Waals surface area (Å²) in [6.45, 7) is 6.40. The number of carbonyl (C=O) groups is 2. The van der Waals surface area contributed by atoms with Crippen LogP contribution in [0, 0.1) is 5.92 Å². The molecule has 1 aromatic heterocycles. The average Bonchev–Trinajstić information content (AvgIpc) is 2.61. The Kier molecular flexibility index (Phi) is 10.4. The molecular weight excluding hydrogens is 318 g/mol. The molecule has 7 heteroatoms. The van der Waals surface area contributed by atoms with Crippen LogP contribution in [0.1, 0.15) is 32.3 Å². The highest BCUT2D eigenvalue weighted by Crippen LogP contribution is 2.03. The van der Waals surface area contributed by atoms with Gasteiger partial charge in [-0.2, -0.15) is 0 Å². The third kappa shape index (κ3) is 9.16. The van der Waals surface area contributed by atoms with Crippen LogP contribution >= 0.6 is 0 Å². The molecule has 1 aromatic rings. The van der Waals surface area contributed by atoms with E-state index in [1.165, 1.54) is 12.8 Å². The van der Waals surface area contributed by atoms with Crippen LogP contribution in [0.4, 0.5) is 0 Å². The highest BCUT2D eigenvalue weighted by Gasteiger charge is 2.20. The van der Waals surface area contributed by atoms with Gasteiger partial charge in [-0.3, -0.25) is 14.6 Å². The first kappa shape index (κ1) is 21.1. The fraction of sp³-hybridized carbons (Fsp3) is 0.611. The van der Waals surface area contributed by atoms with Crippen LogP contribution in [-0.2, 0) is 16.0 Å². The van der Waals surface area contributed by atoms with Gasteiger partial charge < -0.3 is 21.7 Å². The molecule has 2 amide bonds. The quantitative estimate of drug-likeness (QED) is 0.403. The van der Waals surface area contributed by atoms with Gasteiger partial charge in [-0.1, -0.05) is 20.3 Å². The van der Waals surface area contributed by atoms with E-state index in [-0.39, 0.29) is 18.4 Å². The molecule has 0 aromatic carbocycles. The second kappa shape index (κ2) is 12.4. The number of rotatable bonds is 12. The number of carbonyl (C=O) groups excluding carboxylic acids is 2. The van der Waals surface area contributed by atoms with Gasteiger partial charge in [0.15, 0.2) is 0 Å². The van der Waals surface area contributed by atoms with Gasteiger partial charge in [0.1, 0.15) is 6.04 Å². The minimum absolute atomic E-state index is 0.142. The maximum Gasteiger partial charge on any atom is 0.242 e. The van der Waals surface area contributed by atoms with E-state index in [2.05, 4.69) is 34.8 Å². The number of pyridine rings is 1. The van der Waals surface area contributed by atoms with Crippen LogP contribution in [0.15, 0.2) is 24.5 Å². The third-order valence-corrected chi connectivity index (χ3v) is 3.90. The molecule has 1 heterocycles. The second-order valence-electron chi connectivity index (χ2n) is 6.27. The highest BCUT2D eigenvalue weighted by atomic mass is 16.2. The number of nitrogens with zero attached hydrogens (tertiary/aromatic N) is 1. The minimum Gasteiger partial charge on any atom is -0.353 e. The summed E-state index contributed by atoms with van der Waals surface area (Å²) in [6, 6.07) is 3.01.